The fourth-order valence-corrected chi connectivity index (χ4v) is 5.40. The highest BCUT2D eigenvalue weighted by Gasteiger charge is 2.03. The van der Waals surface area contributed by atoms with E-state index in [4.69, 9.17) is 10.5 Å². The molecule has 0 spiro atoms. The summed E-state index contributed by atoms with van der Waals surface area (Å²) in [7, 11) is 0. The number of aliphatic imine (C=N–C) groups is 1. The third kappa shape index (κ3) is 31.4. The van der Waals surface area contributed by atoms with Crippen LogP contribution in [0.1, 0.15) is 168 Å². The van der Waals surface area contributed by atoms with Crippen LogP contribution in [0, 0.1) is 0 Å². The van der Waals surface area contributed by atoms with Crippen LogP contribution in [0.25, 0.3) is 0 Å². The molecule has 0 aliphatic rings. The summed E-state index contributed by atoms with van der Waals surface area (Å²) < 4.78 is 5.34. The van der Waals surface area contributed by atoms with Gasteiger partial charge in [-0.1, -0.05) is 136 Å². The predicted molar refractivity (Wildman–Crippen MR) is 167 cm³/mol. The summed E-state index contributed by atoms with van der Waals surface area (Å²) in [4.78, 5) is 16.3. The summed E-state index contributed by atoms with van der Waals surface area (Å²) in [5.41, 5.74) is 6.07. The lowest BCUT2D eigenvalue weighted by Gasteiger charge is -2.05. The number of nitrogens with zero attached hydrogens (tertiary/aromatic N) is 1. The average molecular weight is 541 g/mol. The molecule has 0 radical (unpaired) electrons. The van der Waals surface area contributed by atoms with Gasteiger partial charge in [-0.2, -0.15) is 11.8 Å². The van der Waals surface area contributed by atoms with E-state index in [1.807, 2.05) is 11.8 Å². The largest absolute Gasteiger partial charge is 0.466 e. The van der Waals surface area contributed by atoms with E-state index in [-0.39, 0.29) is 5.97 Å². The molecule has 0 fully saturated rings. The fourth-order valence-electron chi connectivity index (χ4n) is 4.54. The molecule has 2 N–H and O–H groups in total. The number of nitrogens with two attached hydrogens (primary N) is 1. The number of carbonyl (C=O) groups is 1. The normalized spacial score (nSPS) is 11.8. The number of rotatable bonds is 30. The molecular formula is C32H64N2O2S. The van der Waals surface area contributed by atoms with Crippen LogP contribution in [-0.2, 0) is 9.53 Å². The Morgan fingerprint density at radius 1 is 0.595 bits per heavy atom. The van der Waals surface area contributed by atoms with E-state index < -0.39 is 0 Å². The van der Waals surface area contributed by atoms with E-state index in [0.717, 1.165) is 49.6 Å². The van der Waals surface area contributed by atoms with Crippen LogP contribution >= 0.6 is 11.8 Å². The van der Waals surface area contributed by atoms with Crippen molar-refractivity contribution in [2.24, 2.45) is 10.7 Å². The van der Waals surface area contributed by atoms with E-state index in [9.17, 15) is 4.79 Å². The molecule has 37 heavy (non-hydrogen) atoms. The molecule has 0 unspecified atom stereocenters. The molecule has 0 heterocycles. The maximum atomic E-state index is 11.8. The van der Waals surface area contributed by atoms with Crippen LogP contribution in [0.2, 0.25) is 0 Å². The van der Waals surface area contributed by atoms with Crippen molar-refractivity contribution in [3.8, 4) is 0 Å². The van der Waals surface area contributed by atoms with Gasteiger partial charge in [0.15, 0.2) is 0 Å². The molecule has 0 aromatic rings. The third-order valence-corrected chi connectivity index (χ3v) is 8.08. The Morgan fingerprint density at radius 2 is 1.05 bits per heavy atom. The van der Waals surface area contributed by atoms with Gasteiger partial charge in [-0.05, 0) is 25.0 Å². The van der Waals surface area contributed by atoms with Gasteiger partial charge in [0.05, 0.1) is 18.9 Å². The molecule has 0 saturated heterocycles. The quantitative estimate of drug-likeness (QED) is 0.0426. The fraction of sp³-hybridized carbons (Fsp3) is 0.938. The van der Waals surface area contributed by atoms with Gasteiger partial charge in [0.25, 0.3) is 0 Å². The van der Waals surface area contributed by atoms with Crippen molar-refractivity contribution < 1.29 is 9.53 Å². The highest BCUT2D eigenvalue weighted by molar-refractivity contribution is 7.99. The molecule has 220 valence electrons. The van der Waals surface area contributed by atoms with Crippen LogP contribution < -0.4 is 5.73 Å². The number of hydrogen-bond acceptors (Lipinski definition) is 4. The van der Waals surface area contributed by atoms with Gasteiger partial charge >= 0.3 is 5.97 Å². The number of hydrogen-bond donors (Lipinski definition) is 1. The van der Waals surface area contributed by atoms with Gasteiger partial charge in [0, 0.05) is 18.7 Å². The zero-order chi connectivity index (χ0) is 27.1. The molecule has 0 bridgehead atoms. The van der Waals surface area contributed by atoms with Crippen molar-refractivity contribution in [1.82, 2.24) is 0 Å². The Hall–Kier alpha value is -0.710. The van der Waals surface area contributed by atoms with Gasteiger partial charge in [0.1, 0.15) is 0 Å². The number of unbranched alkanes of at least 4 members (excludes halogenated alkanes) is 19. The first-order valence-corrected chi connectivity index (χ1v) is 17.4. The van der Waals surface area contributed by atoms with Crippen molar-refractivity contribution >= 4 is 23.6 Å². The van der Waals surface area contributed by atoms with E-state index in [2.05, 4.69) is 18.8 Å². The molecule has 4 nitrogen and oxygen atoms in total. The molecule has 0 aromatic heterocycles. The molecule has 0 amide bonds. The van der Waals surface area contributed by atoms with E-state index >= 15 is 0 Å². The molecule has 0 aliphatic heterocycles. The molecule has 0 atom stereocenters. The summed E-state index contributed by atoms with van der Waals surface area (Å²) in [5.74, 6) is 2.61. The lowest BCUT2D eigenvalue weighted by molar-refractivity contribution is -0.143. The lowest BCUT2D eigenvalue weighted by Crippen LogP contribution is -2.12. The average Bonchev–Trinajstić information content (AvgIpc) is 2.89. The summed E-state index contributed by atoms with van der Waals surface area (Å²) in [6, 6.07) is 0. The minimum atomic E-state index is -0.0484. The van der Waals surface area contributed by atoms with Gasteiger partial charge in [-0.25, -0.2) is 0 Å². The molecule has 0 saturated carbocycles. The topological polar surface area (TPSA) is 64.7 Å². The Labute approximate surface area is 236 Å². The third-order valence-electron chi connectivity index (χ3n) is 7.01. The van der Waals surface area contributed by atoms with Crippen LogP contribution in [0.5, 0.6) is 0 Å². The lowest BCUT2D eigenvalue weighted by atomic mass is 10.0. The van der Waals surface area contributed by atoms with Crippen molar-refractivity contribution in [1.29, 1.82) is 0 Å². The van der Waals surface area contributed by atoms with Crippen molar-refractivity contribution in [2.75, 3.05) is 24.7 Å². The van der Waals surface area contributed by atoms with Crippen LogP contribution in [0.4, 0.5) is 0 Å². The van der Waals surface area contributed by atoms with E-state index in [1.165, 1.54) is 122 Å². The van der Waals surface area contributed by atoms with Gasteiger partial charge in [-0.15, -0.1) is 0 Å². The van der Waals surface area contributed by atoms with Crippen LogP contribution in [0.3, 0.4) is 0 Å². The zero-order valence-corrected chi connectivity index (χ0v) is 25.9. The maximum absolute atomic E-state index is 11.8. The minimum absolute atomic E-state index is 0.0484. The SMILES string of the molecule is CCCCCCCCCCCCCCCCN=C(N)CCCSCCC(=O)OCCCCCCCCC. The Bertz CT molecular complexity index is 499. The van der Waals surface area contributed by atoms with Gasteiger partial charge in [0.2, 0.25) is 0 Å². The Kier molecular flexibility index (Phi) is 30.9. The highest BCUT2D eigenvalue weighted by Crippen LogP contribution is 2.13. The summed E-state index contributed by atoms with van der Waals surface area (Å²) in [6.07, 6.45) is 30.5. The van der Waals surface area contributed by atoms with Crippen LogP contribution in [-0.4, -0.2) is 36.5 Å². The Balaban J connectivity index is 3.32. The standard InChI is InChI=1S/C32H64N2O2S/c1-3-5-7-9-11-12-13-14-15-16-17-18-20-22-27-34-31(33)25-24-29-37-30-26-32(35)36-28-23-21-19-10-8-6-4-2/h3-30H2,1-2H3,(H2,33,34). The predicted octanol–water partition coefficient (Wildman–Crippen LogP) is 10.0. The summed E-state index contributed by atoms with van der Waals surface area (Å²) in [5, 5.41) is 0. The summed E-state index contributed by atoms with van der Waals surface area (Å²) in [6.45, 7) is 5.99. The second kappa shape index (κ2) is 31.5. The van der Waals surface area contributed by atoms with Crippen LogP contribution in [0.15, 0.2) is 4.99 Å². The number of amidine groups is 1. The number of thioether (sulfide) groups is 1. The first kappa shape index (κ1) is 36.3. The molecule has 0 rings (SSSR count). The summed E-state index contributed by atoms with van der Waals surface area (Å²) >= 11 is 1.82. The molecule has 5 heteroatoms. The monoisotopic (exact) mass is 540 g/mol. The highest BCUT2D eigenvalue weighted by atomic mass is 32.2. The number of ether oxygens (including phenoxy) is 1. The number of carbonyl (C=O) groups excluding carboxylic acids is 1. The zero-order valence-electron chi connectivity index (χ0n) is 25.0. The van der Waals surface area contributed by atoms with Crippen molar-refractivity contribution in [3.63, 3.8) is 0 Å². The van der Waals surface area contributed by atoms with E-state index in [0.29, 0.717) is 13.0 Å². The maximum Gasteiger partial charge on any atom is 0.306 e. The van der Waals surface area contributed by atoms with Crippen molar-refractivity contribution in [3.05, 3.63) is 0 Å². The van der Waals surface area contributed by atoms with E-state index in [1.54, 1.807) is 0 Å². The first-order valence-electron chi connectivity index (χ1n) is 16.2. The minimum Gasteiger partial charge on any atom is -0.466 e. The second-order valence-electron chi connectivity index (χ2n) is 10.8. The van der Waals surface area contributed by atoms with Crippen molar-refractivity contribution in [2.45, 2.75) is 168 Å². The van der Waals surface area contributed by atoms with Gasteiger partial charge in [-0.3, -0.25) is 9.79 Å². The van der Waals surface area contributed by atoms with Gasteiger partial charge < -0.3 is 10.5 Å². The Morgan fingerprint density at radius 3 is 1.57 bits per heavy atom. The smallest absolute Gasteiger partial charge is 0.306 e. The second-order valence-corrected chi connectivity index (χ2v) is 12.0. The molecule has 0 aromatic carbocycles. The molecule has 0 aliphatic carbocycles. The first-order chi connectivity index (χ1) is 18.2. The molecular weight excluding hydrogens is 476 g/mol. The number of esters is 1.